The van der Waals surface area contributed by atoms with Crippen LogP contribution in [0.15, 0.2) is 54.9 Å². The van der Waals surface area contributed by atoms with Gasteiger partial charge in [0.1, 0.15) is 0 Å². The van der Waals surface area contributed by atoms with Crippen LogP contribution in [-0.2, 0) is 22.6 Å². The summed E-state index contributed by atoms with van der Waals surface area (Å²) in [5.41, 5.74) is 2.35. The highest BCUT2D eigenvalue weighted by molar-refractivity contribution is 5.78. The van der Waals surface area contributed by atoms with Crippen molar-refractivity contribution in [2.45, 2.75) is 39.2 Å². The van der Waals surface area contributed by atoms with Crippen LogP contribution >= 0.6 is 0 Å². The number of carbonyl (C=O) groups is 2. The normalized spacial score (nSPS) is 14.7. The lowest BCUT2D eigenvalue weighted by atomic mass is 9.90. The Morgan fingerprint density at radius 3 is 2.43 bits per heavy atom. The molecule has 2 amide bonds. The van der Waals surface area contributed by atoms with Crippen molar-refractivity contribution < 1.29 is 9.59 Å². The third-order valence-electron chi connectivity index (χ3n) is 5.47. The van der Waals surface area contributed by atoms with E-state index in [9.17, 15) is 9.59 Å². The van der Waals surface area contributed by atoms with Crippen LogP contribution < -0.4 is 0 Å². The van der Waals surface area contributed by atoms with E-state index in [1.165, 1.54) is 5.56 Å². The zero-order valence-electron chi connectivity index (χ0n) is 16.6. The van der Waals surface area contributed by atoms with Crippen molar-refractivity contribution in [3.05, 3.63) is 66.0 Å². The predicted molar refractivity (Wildman–Crippen MR) is 109 cm³/mol. The molecule has 5 heteroatoms. The Hall–Kier alpha value is -2.69. The van der Waals surface area contributed by atoms with Crippen LogP contribution in [0.25, 0.3) is 0 Å². The van der Waals surface area contributed by atoms with Crippen molar-refractivity contribution in [3.63, 3.8) is 0 Å². The number of hydrogen-bond donors (Lipinski definition) is 0. The average Bonchev–Trinajstić information content (AvgIpc) is 2.73. The van der Waals surface area contributed by atoms with Crippen molar-refractivity contribution in [1.29, 1.82) is 0 Å². The number of aromatic nitrogens is 1. The van der Waals surface area contributed by atoms with E-state index in [-0.39, 0.29) is 11.8 Å². The third kappa shape index (κ3) is 5.91. The van der Waals surface area contributed by atoms with E-state index in [0.717, 1.165) is 37.9 Å². The lowest BCUT2D eigenvalue weighted by molar-refractivity contribution is -0.134. The van der Waals surface area contributed by atoms with Gasteiger partial charge in [-0.1, -0.05) is 36.4 Å². The number of rotatable bonds is 7. The van der Waals surface area contributed by atoms with Crippen molar-refractivity contribution in [2.75, 3.05) is 19.6 Å². The number of hydrogen-bond acceptors (Lipinski definition) is 3. The fraction of sp³-hybridized carbons (Fsp3) is 0.435. The Balaban J connectivity index is 1.43. The minimum Gasteiger partial charge on any atom is -0.343 e. The monoisotopic (exact) mass is 379 g/mol. The van der Waals surface area contributed by atoms with Crippen molar-refractivity contribution in [1.82, 2.24) is 14.8 Å². The first-order valence-electron chi connectivity index (χ1n) is 10.1. The summed E-state index contributed by atoms with van der Waals surface area (Å²) in [5.74, 6) is 0.777. The Morgan fingerprint density at radius 1 is 1.07 bits per heavy atom. The van der Waals surface area contributed by atoms with Crippen LogP contribution in [0.1, 0.15) is 37.3 Å². The lowest BCUT2D eigenvalue weighted by Crippen LogP contribution is -2.41. The summed E-state index contributed by atoms with van der Waals surface area (Å²) in [4.78, 5) is 32.3. The Morgan fingerprint density at radius 2 is 1.79 bits per heavy atom. The van der Waals surface area contributed by atoms with Gasteiger partial charge >= 0.3 is 0 Å². The molecule has 0 radical (unpaired) electrons. The largest absolute Gasteiger partial charge is 0.343 e. The molecule has 1 fully saturated rings. The predicted octanol–water partition coefficient (Wildman–Crippen LogP) is 3.30. The van der Waals surface area contributed by atoms with Gasteiger partial charge in [0.05, 0.1) is 0 Å². The fourth-order valence-electron chi connectivity index (χ4n) is 3.78. The second kappa shape index (κ2) is 10.0. The van der Waals surface area contributed by atoms with Gasteiger partial charge in [0.25, 0.3) is 0 Å². The average molecular weight is 380 g/mol. The summed E-state index contributed by atoms with van der Waals surface area (Å²) in [7, 11) is 0. The maximum atomic E-state index is 12.6. The van der Waals surface area contributed by atoms with Gasteiger partial charge in [-0.2, -0.15) is 0 Å². The molecule has 0 aliphatic carbocycles. The maximum Gasteiger partial charge on any atom is 0.224 e. The summed E-state index contributed by atoms with van der Waals surface area (Å²) in [6.07, 6.45) is 7.04. The number of likely N-dealkylation sites (tertiary alicyclic amines) is 1. The molecule has 2 aromatic rings. The van der Waals surface area contributed by atoms with Crippen molar-refractivity contribution in [2.24, 2.45) is 5.92 Å². The van der Waals surface area contributed by atoms with Crippen LogP contribution in [0.4, 0.5) is 0 Å². The molecule has 3 rings (SSSR count). The highest BCUT2D eigenvalue weighted by atomic mass is 16.2. The second-order valence-corrected chi connectivity index (χ2v) is 7.57. The molecule has 1 saturated heterocycles. The first-order chi connectivity index (χ1) is 13.6. The molecule has 0 atom stereocenters. The van der Waals surface area contributed by atoms with Crippen LogP contribution in [0, 0.1) is 5.92 Å². The van der Waals surface area contributed by atoms with Gasteiger partial charge in [0.2, 0.25) is 11.8 Å². The summed E-state index contributed by atoms with van der Waals surface area (Å²) in [5, 5.41) is 0. The highest BCUT2D eigenvalue weighted by Crippen LogP contribution is 2.22. The zero-order chi connectivity index (χ0) is 19.8. The Bertz CT molecular complexity index is 756. The first-order valence-corrected chi connectivity index (χ1v) is 10.1. The van der Waals surface area contributed by atoms with E-state index in [0.29, 0.717) is 25.4 Å². The number of pyridine rings is 1. The smallest absolute Gasteiger partial charge is 0.224 e. The molecular formula is C23H29N3O2. The molecular weight excluding hydrogens is 350 g/mol. The molecule has 1 aliphatic rings. The third-order valence-corrected chi connectivity index (χ3v) is 5.47. The SMILES string of the molecule is CC(=O)N(CCC(=O)N1CCC(Cc2ccccc2)CC1)Cc1cccnc1. The maximum absolute atomic E-state index is 12.6. The van der Waals surface area contributed by atoms with Gasteiger partial charge in [0.15, 0.2) is 0 Å². The molecule has 5 nitrogen and oxygen atoms in total. The number of piperidine rings is 1. The fourth-order valence-corrected chi connectivity index (χ4v) is 3.78. The minimum atomic E-state index is -0.0155. The van der Waals surface area contributed by atoms with Gasteiger partial charge in [-0.25, -0.2) is 0 Å². The molecule has 0 bridgehead atoms. The molecule has 0 N–H and O–H groups in total. The minimum absolute atomic E-state index is 0.0155. The number of carbonyl (C=O) groups excluding carboxylic acids is 2. The van der Waals surface area contributed by atoms with Gasteiger partial charge in [-0.05, 0) is 42.4 Å². The summed E-state index contributed by atoms with van der Waals surface area (Å²) < 4.78 is 0. The number of amides is 2. The van der Waals surface area contributed by atoms with Crippen molar-refractivity contribution >= 4 is 11.8 Å². The van der Waals surface area contributed by atoms with Gasteiger partial charge in [-0.3, -0.25) is 14.6 Å². The van der Waals surface area contributed by atoms with Crippen LogP contribution in [-0.4, -0.2) is 46.2 Å². The molecule has 1 aromatic carbocycles. The highest BCUT2D eigenvalue weighted by Gasteiger charge is 2.23. The number of nitrogens with zero attached hydrogens (tertiary/aromatic N) is 3. The Labute approximate surface area is 167 Å². The van der Waals surface area contributed by atoms with E-state index in [1.54, 1.807) is 24.2 Å². The summed E-state index contributed by atoms with van der Waals surface area (Å²) >= 11 is 0. The Kier molecular flexibility index (Phi) is 7.18. The van der Waals surface area contributed by atoms with E-state index >= 15 is 0 Å². The molecule has 0 saturated carbocycles. The molecule has 28 heavy (non-hydrogen) atoms. The first kappa shape index (κ1) is 20.1. The molecule has 1 aromatic heterocycles. The molecule has 0 unspecified atom stereocenters. The van der Waals surface area contributed by atoms with Gasteiger partial charge < -0.3 is 9.80 Å². The zero-order valence-corrected chi connectivity index (χ0v) is 16.6. The molecule has 0 spiro atoms. The summed E-state index contributed by atoms with van der Waals surface area (Å²) in [6.45, 7) is 4.14. The molecule has 148 valence electrons. The summed E-state index contributed by atoms with van der Waals surface area (Å²) in [6, 6.07) is 14.4. The second-order valence-electron chi connectivity index (χ2n) is 7.57. The molecule has 2 heterocycles. The van der Waals surface area contributed by atoms with E-state index in [2.05, 4.69) is 29.2 Å². The van der Waals surface area contributed by atoms with Gasteiger partial charge in [0, 0.05) is 51.9 Å². The van der Waals surface area contributed by atoms with E-state index in [1.807, 2.05) is 23.1 Å². The van der Waals surface area contributed by atoms with Crippen LogP contribution in [0.5, 0.6) is 0 Å². The van der Waals surface area contributed by atoms with E-state index in [4.69, 9.17) is 0 Å². The lowest BCUT2D eigenvalue weighted by Gasteiger charge is -2.32. The van der Waals surface area contributed by atoms with E-state index < -0.39 is 0 Å². The quantitative estimate of drug-likeness (QED) is 0.742. The molecule has 1 aliphatic heterocycles. The number of benzene rings is 1. The van der Waals surface area contributed by atoms with Gasteiger partial charge in [-0.15, -0.1) is 0 Å². The van der Waals surface area contributed by atoms with Crippen LogP contribution in [0.3, 0.4) is 0 Å². The van der Waals surface area contributed by atoms with Crippen LogP contribution in [0.2, 0.25) is 0 Å². The standard InChI is InChI=1S/C23H29N3O2/c1-19(27)26(18-22-8-5-12-24-17-22)15-11-23(28)25-13-9-21(10-14-25)16-20-6-3-2-4-7-20/h2-8,12,17,21H,9-11,13-16,18H2,1H3. The topological polar surface area (TPSA) is 53.5 Å². The van der Waals surface area contributed by atoms with Crippen molar-refractivity contribution in [3.8, 4) is 0 Å².